The molecule has 9 heteroatoms. The van der Waals surface area contributed by atoms with Gasteiger partial charge in [-0.1, -0.05) is 25.8 Å². The highest BCUT2D eigenvalue weighted by molar-refractivity contribution is 5.49. The number of aromatic nitrogens is 4. The number of ether oxygens (including phenoxy) is 3. The van der Waals surface area contributed by atoms with Gasteiger partial charge >= 0.3 is 0 Å². The minimum atomic E-state index is 0.211. The van der Waals surface area contributed by atoms with E-state index in [1.807, 2.05) is 28.9 Å². The second kappa shape index (κ2) is 12.6. The van der Waals surface area contributed by atoms with Crippen LogP contribution in [0.2, 0.25) is 0 Å². The first-order chi connectivity index (χ1) is 17.7. The highest BCUT2D eigenvalue weighted by atomic mass is 16.5. The summed E-state index contributed by atoms with van der Waals surface area (Å²) in [5.74, 6) is 3.32. The molecule has 0 N–H and O–H groups in total. The molecule has 1 aromatic heterocycles. The van der Waals surface area contributed by atoms with Crippen molar-refractivity contribution in [1.82, 2.24) is 25.1 Å². The van der Waals surface area contributed by atoms with Crippen LogP contribution in [-0.4, -0.2) is 72.6 Å². The van der Waals surface area contributed by atoms with Crippen molar-refractivity contribution in [3.8, 4) is 17.2 Å². The average molecular weight is 495 g/mol. The van der Waals surface area contributed by atoms with Crippen LogP contribution in [0.15, 0.2) is 42.5 Å². The Morgan fingerprint density at radius 2 is 1.64 bits per heavy atom. The quantitative estimate of drug-likeness (QED) is 0.374. The Morgan fingerprint density at radius 3 is 2.31 bits per heavy atom. The molecule has 4 rings (SSSR count). The number of tetrazole rings is 1. The Balaban J connectivity index is 1.43. The Morgan fingerprint density at radius 1 is 0.889 bits per heavy atom. The van der Waals surface area contributed by atoms with Gasteiger partial charge in [-0.25, -0.2) is 4.68 Å². The summed E-state index contributed by atoms with van der Waals surface area (Å²) in [4.78, 5) is 4.99. The van der Waals surface area contributed by atoms with Crippen molar-refractivity contribution in [3.05, 3.63) is 53.9 Å². The first kappa shape index (κ1) is 25.8. The molecule has 3 aromatic rings. The molecule has 2 aromatic carbocycles. The van der Waals surface area contributed by atoms with Crippen molar-refractivity contribution >= 4 is 5.69 Å². The molecule has 1 atom stereocenters. The number of benzene rings is 2. The topological polar surface area (TPSA) is 77.8 Å². The lowest BCUT2D eigenvalue weighted by atomic mass is 10.1. The molecule has 0 radical (unpaired) electrons. The van der Waals surface area contributed by atoms with E-state index in [4.69, 9.17) is 14.2 Å². The van der Waals surface area contributed by atoms with Crippen molar-refractivity contribution in [2.24, 2.45) is 0 Å². The summed E-state index contributed by atoms with van der Waals surface area (Å²) in [5.41, 5.74) is 2.40. The molecule has 0 amide bonds. The Kier molecular flexibility index (Phi) is 9.00. The Bertz CT molecular complexity index is 1080. The highest BCUT2D eigenvalue weighted by Crippen LogP contribution is 2.30. The number of methoxy groups -OCH3 is 3. The first-order valence-electron chi connectivity index (χ1n) is 12.8. The lowest BCUT2D eigenvalue weighted by molar-refractivity contribution is 0.162. The van der Waals surface area contributed by atoms with Gasteiger partial charge in [0.25, 0.3) is 0 Å². The molecule has 9 nitrogen and oxygen atoms in total. The standard InChI is InChI=1S/C27H38N6O3/c1-5-6-7-24(32-18-16-31(17-19-32)22-9-11-23(34-2)12-10-22)27-28-29-30-33(27)15-14-21-8-13-25(35-3)26(20-21)36-4/h8-13,20,24H,5-7,14-19H2,1-4H3. The van der Waals surface area contributed by atoms with Gasteiger partial charge in [-0.05, 0) is 65.2 Å². The number of nitrogens with zero attached hydrogens (tertiary/aromatic N) is 6. The van der Waals surface area contributed by atoms with Crippen LogP contribution in [-0.2, 0) is 13.0 Å². The van der Waals surface area contributed by atoms with Gasteiger partial charge in [0.1, 0.15) is 5.75 Å². The first-order valence-corrected chi connectivity index (χ1v) is 12.8. The van der Waals surface area contributed by atoms with Crippen LogP contribution in [0.5, 0.6) is 17.2 Å². The number of hydrogen-bond donors (Lipinski definition) is 0. The third-order valence-electron chi connectivity index (χ3n) is 6.94. The fourth-order valence-electron chi connectivity index (χ4n) is 4.84. The summed E-state index contributed by atoms with van der Waals surface area (Å²) in [7, 11) is 5.01. The smallest absolute Gasteiger partial charge is 0.168 e. The van der Waals surface area contributed by atoms with Crippen LogP contribution in [0.25, 0.3) is 0 Å². The van der Waals surface area contributed by atoms with E-state index in [-0.39, 0.29) is 6.04 Å². The van der Waals surface area contributed by atoms with E-state index < -0.39 is 0 Å². The molecule has 1 unspecified atom stereocenters. The van der Waals surface area contributed by atoms with Crippen molar-refractivity contribution in [2.75, 3.05) is 52.4 Å². The van der Waals surface area contributed by atoms with E-state index in [1.54, 1.807) is 21.3 Å². The molecule has 1 aliphatic rings. The fourth-order valence-corrected chi connectivity index (χ4v) is 4.84. The van der Waals surface area contributed by atoms with Gasteiger partial charge in [0.05, 0.1) is 27.4 Å². The summed E-state index contributed by atoms with van der Waals surface area (Å²) >= 11 is 0. The van der Waals surface area contributed by atoms with Crippen LogP contribution >= 0.6 is 0 Å². The van der Waals surface area contributed by atoms with Gasteiger partial charge in [0.2, 0.25) is 0 Å². The van der Waals surface area contributed by atoms with Crippen LogP contribution in [0.4, 0.5) is 5.69 Å². The van der Waals surface area contributed by atoms with E-state index in [9.17, 15) is 0 Å². The predicted octanol–water partition coefficient (Wildman–Crippen LogP) is 4.00. The summed E-state index contributed by atoms with van der Waals surface area (Å²) in [6, 6.07) is 14.6. The molecule has 1 aliphatic heterocycles. The van der Waals surface area contributed by atoms with Gasteiger partial charge in [-0.15, -0.1) is 5.10 Å². The molecular weight excluding hydrogens is 456 g/mol. The van der Waals surface area contributed by atoms with Gasteiger partial charge in [-0.3, -0.25) is 4.90 Å². The minimum absolute atomic E-state index is 0.211. The van der Waals surface area contributed by atoms with Crippen molar-refractivity contribution < 1.29 is 14.2 Å². The van der Waals surface area contributed by atoms with Crippen LogP contribution in [0, 0.1) is 0 Å². The minimum Gasteiger partial charge on any atom is -0.497 e. The zero-order valence-electron chi connectivity index (χ0n) is 21.9. The third kappa shape index (κ3) is 6.07. The molecule has 0 spiro atoms. The second-order valence-electron chi connectivity index (χ2n) is 9.08. The van der Waals surface area contributed by atoms with Crippen molar-refractivity contribution in [3.63, 3.8) is 0 Å². The maximum absolute atomic E-state index is 5.46. The van der Waals surface area contributed by atoms with Crippen molar-refractivity contribution in [2.45, 2.75) is 45.2 Å². The zero-order valence-corrected chi connectivity index (χ0v) is 21.9. The fraction of sp³-hybridized carbons (Fsp3) is 0.519. The molecule has 1 fully saturated rings. The SMILES string of the molecule is CCCCC(c1nnnn1CCc1ccc(OC)c(OC)c1)N1CCN(c2ccc(OC)cc2)CC1. The second-order valence-corrected chi connectivity index (χ2v) is 9.08. The number of piperazine rings is 1. The summed E-state index contributed by atoms with van der Waals surface area (Å²) in [6.07, 6.45) is 4.15. The number of rotatable bonds is 12. The van der Waals surface area contributed by atoms with Gasteiger partial charge in [0, 0.05) is 38.4 Å². The molecule has 0 bridgehead atoms. The monoisotopic (exact) mass is 494 g/mol. The lowest BCUT2D eigenvalue weighted by Crippen LogP contribution is -2.48. The number of hydrogen-bond acceptors (Lipinski definition) is 8. The largest absolute Gasteiger partial charge is 0.497 e. The Hall–Kier alpha value is -3.33. The molecule has 0 saturated carbocycles. The molecular formula is C27H38N6O3. The van der Waals surface area contributed by atoms with Crippen LogP contribution in [0.1, 0.15) is 43.6 Å². The molecule has 1 saturated heterocycles. The molecule has 0 aliphatic carbocycles. The number of aryl methyl sites for hydroxylation is 2. The Labute approximate surface area is 213 Å². The van der Waals surface area contributed by atoms with Gasteiger partial charge in [0.15, 0.2) is 17.3 Å². The molecule has 2 heterocycles. The summed E-state index contributed by atoms with van der Waals surface area (Å²) < 4.78 is 18.1. The van der Waals surface area contributed by atoms with E-state index in [2.05, 4.69) is 50.4 Å². The average Bonchev–Trinajstić information content (AvgIpc) is 3.40. The number of anilines is 1. The van der Waals surface area contributed by atoms with Gasteiger partial charge < -0.3 is 19.1 Å². The molecule has 36 heavy (non-hydrogen) atoms. The van der Waals surface area contributed by atoms with Gasteiger partial charge in [-0.2, -0.15) is 0 Å². The maximum Gasteiger partial charge on any atom is 0.168 e. The van der Waals surface area contributed by atoms with Crippen LogP contribution in [0.3, 0.4) is 0 Å². The highest BCUT2D eigenvalue weighted by Gasteiger charge is 2.29. The van der Waals surface area contributed by atoms with Crippen LogP contribution < -0.4 is 19.1 Å². The predicted molar refractivity (Wildman–Crippen MR) is 140 cm³/mol. The van der Waals surface area contributed by atoms with E-state index in [0.29, 0.717) is 6.54 Å². The zero-order chi connectivity index (χ0) is 25.3. The van der Waals surface area contributed by atoms with E-state index in [1.165, 1.54) is 5.69 Å². The number of unbranched alkanes of at least 4 members (excludes halogenated alkanes) is 1. The summed E-state index contributed by atoms with van der Waals surface area (Å²) in [5, 5.41) is 12.9. The third-order valence-corrected chi connectivity index (χ3v) is 6.94. The molecule has 194 valence electrons. The van der Waals surface area contributed by atoms with E-state index >= 15 is 0 Å². The van der Waals surface area contributed by atoms with Crippen molar-refractivity contribution in [1.29, 1.82) is 0 Å². The lowest BCUT2D eigenvalue weighted by Gasteiger charge is -2.39. The summed E-state index contributed by atoms with van der Waals surface area (Å²) in [6.45, 7) is 6.85. The maximum atomic E-state index is 5.46. The van der Waals surface area contributed by atoms with E-state index in [0.717, 1.165) is 80.5 Å². The normalized spacial score (nSPS) is 15.1.